The number of aryl methyl sites for hydroxylation is 1. The molecule has 0 spiro atoms. The molecule has 1 aliphatic rings. The molecule has 4 heteroatoms. The Labute approximate surface area is 120 Å². The molecule has 1 aromatic rings. The number of carbonyl (C=O) groups excluding carboxylic acids is 1. The first-order valence-corrected chi connectivity index (χ1v) is 7.10. The van der Waals surface area contributed by atoms with Gasteiger partial charge in [-0.25, -0.2) is 0 Å². The molecule has 1 aromatic carbocycles. The predicted molar refractivity (Wildman–Crippen MR) is 77.8 cm³/mol. The van der Waals surface area contributed by atoms with Crippen molar-refractivity contribution in [3.8, 4) is 5.75 Å². The van der Waals surface area contributed by atoms with Gasteiger partial charge in [-0.15, -0.1) is 0 Å². The van der Waals surface area contributed by atoms with Gasteiger partial charge in [0.1, 0.15) is 5.75 Å². The number of piperidine rings is 1. The van der Waals surface area contributed by atoms with E-state index in [1.807, 2.05) is 36.9 Å². The van der Waals surface area contributed by atoms with Crippen molar-refractivity contribution < 1.29 is 14.6 Å². The van der Waals surface area contributed by atoms with E-state index in [1.165, 1.54) is 0 Å². The van der Waals surface area contributed by atoms with Gasteiger partial charge in [0.25, 0.3) is 0 Å². The third-order valence-electron chi connectivity index (χ3n) is 3.99. The SMILES string of the molecule is COc1ccc(C)cc1CC(=O)N1CCC(O)C(C)C1. The van der Waals surface area contributed by atoms with Crippen molar-refractivity contribution in [3.63, 3.8) is 0 Å². The smallest absolute Gasteiger partial charge is 0.227 e. The second-order valence-electron chi connectivity index (χ2n) is 5.67. The van der Waals surface area contributed by atoms with Gasteiger partial charge in [-0.2, -0.15) is 0 Å². The fraction of sp³-hybridized carbons (Fsp3) is 0.562. The van der Waals surface area contributed by atoms with Gasteiger partial charge in [0.15, 0.2) is 0 Å². The van der Waals surface area contributed by atoms with E-state index in [1.54, 1.807) is 7.11 Å². The molecular formula is C16H23NO3. The van der Waals surface area contributed by atoms with Gasteiger partial charge in [-0.3, -0.25) is 4.79 Å². The first-order valence-electron chi connectivity index (χ1n) is 7.10. The molecule has 4 nitrogen and oxygen atoms in total. The topological polar surface area (TPSA) is 49.8 Å². The molecular weight excluding hydrogens is 254 g/mol. The maximum atomic E-state index is 12.4. The minimum atomic E-state index is -0.285. The second-order valence-corrected chi connectivity index (χ2v) is 5.67. The van der Waals surface area contributed by atoms with Gasteiger partial charge in [0, 0.05) is 18.7 Å². The standard InChI is InChI=1S/C16H23NO3/c1-11-4-5-15(20-3)13(8-11)9-16(19)17-7-6-14(18)12(2)10-17/h4-5,8,12,14,18H,6-7,9-10H2,1-3H3. The number of methoxy groups -OCH3 is 1. The van der Waals surface area contributed by atoms with Crippen LogP contribution in [0.2, 0.25) is 0 Å². The van der Waals surface area contributed by atoms with E-state index in [2.05, 4.69) is 0 Å². The number of aliphatic hydroxyl groups is 1. The summed E-state index contributed by atoms with van der Waals surface area (Å²) >= 11 is 0. The average molecular weight is 277 g/mol. The van der Waals surface area contributed by atoms with Crippen LogP contribution < -0.4 is 4.74 Å². The summed E-state index contributed by atoms with van der Waals surface area (Å²) in [6.07, 6.45) is 0.735. The van der Waals surface area contributed by atoms with E-state index < -0.39 is 0 Å². The summed E-state index contributed by atoms with van der Waals surface area (Å²) in [6.45, 7) is 5.26. The molecule has 2 atom stereocenters. The third kappa shape index (κ3) is 3.31. The molecule has 0 aromatic heterocycles. The van der Waals surface area contributed by atoms with Crippen LogP contribution in [0.5, 0.6) is 5.75 Å². The van der Waals surface area contributed by atoms with Crippen molar-refractivity contribution in [2.75, 3.05) is 20.2 Å². The summed E-state index contributed by atoms with van der Waals surface area (Å²) in [7, 11) is 1.62. The number of ether oxygens (including phenoxy) is 1. The van der Waals surface area contributed by atoms with Gasteiger partial charge in [-0.1, -0.05) is 24.6 Å². The highest BCUT2D eigenvalue weighted by Gasteiger charge is 2.27. The number of likely N-dealkylation sites (tertiary alicyclic amines) is 1. The highest BCUT2D eigenvalue weighted by Crippen LogP contribution is 2.22. The number of hydrogen-bond donors (Lipinski definition) is 1. The molecule has 1 N–H and O–H groups in total. The Morgan fingerprint density at radius 2 is 2.25 bits per heavy atom. The van der Waals surface area contributed by atoms with Crippen LogP contribution in [0.15, 0.2) is 18.2 Å². The molecule has 0 aliphatic carbocycles. The van der Waals surface area contributed by atoms with E-state index in [4.69, 9.17) is 4.74 Å². The Kier molecular flexibility index (Phi) is 4.65. The maximum Gasteiger partial charge on any atom is 0.227 e. The number of amides is 1. The van der Waals surface area contributed by atoms with Crippen LogP contribution in [0.3, 0.4) is 0 Å². The van der Waals surface area contributed by atoms with Crippen molar-refractivity contribution in [1.82, 2.24) is 4.90 Å². The fourth-order valence-electron chi connectivity index (χ4n) is 2.68. The van der Waals surface area contributed by atoms with E-state index in [9.17, 15) is 9.90 Å². The van der Waals surface area contributed by atoms with Gasteiger partial charge in [0.2, 0.25) is 5.91 Å². The minimum absolute atomic E-state index is 0.104. The molecule has 0 bridgehead atoms. The first kappa shape index (κ1) is 14.9. The Balaban J connectivity index is 2.06. The van der Waals surface area contributed by atoms with Gasteiger partial charge in [0.05, 0.1) is 19.6 Å². The van der Waals surface area contributed by atoms with Crippen LogP contribution in [0.1, 0.15) is 24.5 Å². The number of nitrogens with zero attached hydrogens (tertiary/aromatic N) is 1. The Morgan fingerprint density at radius 1 is 1.50 bits per heavy atom. The Bertz CT molecular complexity index is 487. The molecule has 1 amide bonds. The summed E-state index contributed by atoms with van der Waals surface area (Å²) in [5.41, 5.74) is 2.05. The maximum absolute atomic E-state index is 12.4. The number of rotatable bonds is 3. The molecule has 110 valence electrons. The van der Waals surface area contributed by atoms with Crippen molar-refractivity contribution in [1.29, 1.82) is 0 Å². The molecule has 2 unspecified atom stereocenters. The summed E-state index contributed by atoms with van der Waals surface area (Å²) in [6, 6.07) is 5.88. The van der Waals surface area contributed by atoms with Crippen LogP contribution >= 0.6 is 0 Å². The van der Waals surface area contributed by atoms with Crippen LogP contribution in [0, 0.1) is 12.8 Å². The Hall–Kier alpha value is -1.55. The zero-order valence-corrected chi connectivity index (χ0v) is 12.4. The van der Waals surface area contributed by atoms with E-state index >= 15 is 0 Å². The molecule has 1 saturated heterocycles. The molecule has 2 rings (SSSR count). The third-order valence-corrected chi connectivity index (χ3v) is 3.99. The van der Waals surface area contributed by atoms with Gasteiger partial charge >= 0.3 is 0 Å². The molecule has 1 fully saturated rings. The van der Waals surface area contributed by atoms with E-state index in [0.29, 0.717) is 25.9 Å². The summed E-state index contributed by atoms with van der Waals surface area (Å²) in [5, 5.41) is 9.73. The largest absolute Gasteiger partial charge is 0.496 e. The lowest BCUT2D eigenvalue weighted by Gasteiger charge is -2.34. The molecule has 1 heterocycles. The molecule has 0 radical (unpaired) electrons. The first-order chi connectivity index (χ1) is 9.51. The predicted octanol–water partition coefficient (Wildman–Crippen LogP) is 1.78. The summed E-state index contributed by atoms with van der Waals surface area (Å²) < 4.78 is 5.32. The van der Waals surface area contributed by atoms with Crippen LogP contribution in [0.25, 0.3) is 0 Å². The van der Waals surface area contributed by atoms with Crippen molar-refractivity contribution >= 4 is 5.91 Å². The minimum Gasteiger partial charge on any atom is -0.496 e. The zero-order chi connectivity index (χ0) is 14.7. The number of hydrogen-bond acceptors (Lipinski definition) is 3. The van der Waals surface area contributed by atoms with Crippen molar-refractivity contribution in [2.45, 2.75) is 32.8 Å². The lowest BCUT2D eigenvalue weighted by molar-refractivity contribution is -0.134. The lowest BCUT2D eigenvalue weighted by atomic mass is 9.96. The van der Waals surface area contributed by atoms with E-state index in [-0.39, 0.29) is 17.9 Å². The van der Waals surface area contributed by atoms with Crippen molar-refractivity contribution in [2.24, 2.45) is 5.92 Å². The van der Waals surface area contributed by atoms with Gasteiger partial charge < -0.3 is 14.7 Å². The summed E-state index contributed by atoms with van der Waals surface area (Å²) in [4.78, 5) is 14.2. The molecule has 20 heavy (non-hydrogen) atoms. The highest BCUT2D eigenvalue weighted by atomic mass is 16.5. The number of benzene rings is 1. The Morgan fingerprint density at radius 3 is 2.90 bits per heavy atom. The van der Waals surface area contributed by atoms with Crippen LogP contribution in [0.4, 0.5) is 0 Å². The monoisotopic (exact) mass is 277 g/mol. The zero-order valence-electron chi connectivity index (χ0n) is 12.4. The van der Waals surface area contributed by atoms with Gasteiger partial charge in [-0.05, 0) is 25.3 Å². The molecule has 0 saturated carbocycles. The summed E-state index contributed by atoms with van der Waals surface area (Å²) in [5.74, 6) is 1.01. The molecule has 1 aliphatic heterocycles. The fourth-order valence-corrected chi connectivity index (χ4v) is 2.68. The van der Waals surface area contributed by atoms with E-state index in [0.717, 1.165) is 16.9 Å². The lowest BCUT2D eigenvalue weighted by Crippen LogP contribution is -2.45. The second kappa shape index (κ2) is 6.27. The van der Waals surface area contributed by atoms with Crippen LogP contribution in [-0.4, -0.2) is 42.2 Å². The highest BCUT2D eigenvalue weighted by molar-refractivity contribution is 5.79. The average Bonchev–Trinajstić information content (AvgIpc) is 2.42. The normalized spacial score (nSPS) is 22.7. The number of carbonyl (C=O) groups is 1. The van der Waals surface area contributed by atoms with Crippen LogP contribution in [-0.2, 0) is 11.2 Å². The quantitative estimate of drug-likeness (QED) is 0.916. The van der Waals surface area contributed by atoms with Crippen molar-refractivity contribution in [3.05, 3.63) is 29.3 Å². The number of aliphatic hydroxyl groups excluding tert-OH is 1.